The molecule has 0 bridgehead atoms. The minimum absolute atomic E-state index is 0.146. The maximum absolute atomic E-state index is 11.2. The monoisotopic (exact) mass is 308 g/mol. The fraction of sp³-hybridized carbons (Fsp3) is 0.333. The zero-order chi connectivity index (χ0) is 15.6. The van der Waals surface area contributed by atoms with Crippen LogP contribution in [0, 0.1) is 6.92 Å². The van der Waals surface area contributed by atoms with Gasteiger partial charge in [0.2, 0.25) is 17.8 Å². The molecule has 0 saturated heterocycles. The number of anilines is 2. The summed E-state index contributed by atoms with van der Waals surface area (Å²) >= 11 is 1.50. The van der Waals surface area contributed by atoms with E-state index in [1.807, 2.05) is 13.0 Å². The van der Waals surface area contributed by atoms with Crippen molar-refractivity contribution in [3.63, 3.8) is 0 Å². The lowest BCUT2D eigenvalue weighted by molar-refractivity contribution is -0.117. The highest BCUT2D eigenvalue weighted by molar-refractivity contribution is 7.18. The van der Waals surface area contributed by atoms with E-state index in [9.17, 15) is 9.59 Å². The molecule has 2 amide bonds. The molecular formula is C12H16N6O2S. The number of carbonyl (C=O) groups is 2. The summed E-state index contributed by atoms with van der Waals surface area (Å²) in [5.41, 5.74) is 10.5. The molecule has 2 heterocycles. The van der Waals surface area contributed by atoms with Gasteiger partial charge in [0.15, 0.2) is 0 Å². The molecule has 0 aliphatic carbocycles. The molecule has 0 atom stereocenters. The molecular weight excluding hydrogens is 292 g/mol. The van der Waals surface area contributed by atoms with E-state index in [2.05, 4.69) is 15.3 Å². The van der Waals surface area contributed by atoms with Gasteiger partial charge in [-0.1, -0.05) is 0 Å². The molecule has 8 nitrogen and oxygen atoms in total. The number of primary amides is 2. The lowest BCUT2D eigenvalue weighted by Crippen LogP contribution is -2.40. The smallest absolute Gasteiger partial charge is 0.237 e. The summed E-state index contributed by atoms with van der Waals surface area (Å²) in [6.07, 6.45) is 0. The summed E-state index contributed by atoms with van der Waals surface area (Å²) < 4.78 is 0. The Balaban J connectivity index is 2.58. The van der Waals surface area contributed by atoms with Gasteiger partial charge < -0.3 is 21.7 Å². The number of rotatable bonds is 6. The van der Waals surface area contributed by atoms with Gasteiger partial charge in [0.05, 0.1) is 18.5 Å². The van der Waals surface area contributed by atoms with Crippen LogP contribution in [-0.2, 0) is 9.59 Å². The fourth-order valence-corrected chi connectivity index (χ4v) is 2.84. The van der Waals surface area contributed by atoms with Crippen molar-refractivity contribution < 1.29 is 9.59 Å². The van der Waals surface area contributed by atoms with Crippen LogP contribution in [0.5, 0.6) is 0 Å². The van der Waals surface area contributed by atoms with Crippen LogP contribution in [0.3, 0.4) is 0 Å². The number of nitrogens with one attached hydrogen (secondary N) is 1. The maximum atomic E-state index is 11.2. The number of amides is 2. The minimum atomic E-state index is -0.569. The van der Waals surface area contributed by atoms with Crippen LogP contribution in [0.25, 0.3) is 10.2 Å². The minimum Gasteiger partial charge on any atom is -0.368 e. The Labute approximate surface area is 125 Å². The highest BCUT2D eigenvalue weighted by Crippen LogP contribution is 2.31. The van der Waals surface area contributed by atoms with Crippen LogP contribution >= 0.6 is 11.3 Å². The van der Waals surface area contributed by atoms with E-state index in [-0.39, 0.29) is 13.1 Å². The number of hydrogen-bond donors (Lipinski definition) is 3. The lowest BCUT2D eigenvalue weighted by Gasteiger charge is -2.21. The number of aryl methyl sites for hydroxylation is 1. The van der Waals surface area contributed by atoms with Crippen LogP contribution in [0.15, 0.2) is 6.07 Å². The van der Waals surface area contributed by atoms with Crippen molar-refractivity contribution in [1.82, 2.24) is 9.97 Å². The van der Waals surface area contributed by atoms with E-state index in [1.165, 1.54) is 16.2 Å². The van der Waals surface area contributed by atoms with Crippen molar-refractivity contribution in [2.45, 2.75) is 6.92 Å². The number of carbonyl (C=O) groups excluding carboxylic acids is 2. The first-order chi connectivity index (χ1) is 9.90. The van der Waals surface area contributed by atoms with Gasteiger partial charge in [-0.25, -0.2) is 4.98 Å². The number of nitrogens with zero attached hydrogens (tertiary/aromatic N) is 3. The largest absolute Gasteiger partial charge is 0.368 e. The maximum Gasteiger partial charge on any atom is 0.237 e. The molecule has 2 aromatic heterocycles. The predicted molar refractivity (Wildman–Crippen MR) is 82.3 cm³/mol. The van der Waals surface area contributed by atoms with Crippen molar-refractivity contribution >= 4 is 45.1 Å². The standard InChI is InChI=1S/C12H16N6O2S/c1-6-3-7-10(16-12(15-2)17-11(7)21-6)18(4-8(13)19)5-9(14)20/h3H,4-5H2,1-2H3,(H2,13,19)(H2,14,20)(H,15,16,17). The topological polar surface area (TPSA) is 127 Å². The molecule has 0 spiro atoms. The molecule has 9 heteroatoms. The molecule has 112 valence electrons. The first kappa shape index (κ1) is 15.0. The van der Waals surface area contributed by atoms with Gasteiger partial charge in [-0.2, -0.15) is 4.98 Å². The van der Waals surface area contributed by atoms with E-state index in [4.69, 9.17) is 11.5 Å². The first-order valence-corrected chi connectivity index (χ1v) is 7.00. The molecule has 2 aromatic rings. The average Bonchev–Trinajstić information content (AvgIpc) is 2.75. The third-order valence-electron chi connectivity index (χ3n) is 2.71. The van der Waals surface area contributed by atoms with Crippen LogP contribution in [0.4, 0.5) is 11.8 Å². The van der Waals surface area contributed by atoms with E-state index in [0.29, 0.717) is 11.8 Å². The number of hydrogen-bond acceptors (Lipinski definition) is 7. The summed E-state index contributed by atoms with van der Waals surface area (Å²) in [7, 11) is 1.69. The number of aromatic nitrogens is 2. The third kappa shape index (κ3) is 3.37. The van der Waals surface area contributed by atoms with E-state index < -0.39 is 11.8 Å². The Morgan fingerprint density at radius 1 is 1.29 bits per heavy atom. The molecule has 0 unspecified atom stereocenters. The van der Waals surface area contributed by atoms with Crippen molar-refractivity contribution in [1.29, 1.82) is 0 Å². The number of fused-ring (bicyclic) bond motifs is 1. The van der Waals surface area contributed by atoms with Crippen molar-refractivity contribution in [3.8, 4) is 0 Å². The van der Waals surface area contributed by atoms with Crippen LogP contribution in [-0.4, -0.2) is 41.9 Å². The molecule has 0 aliphatic rings. The molecule has 0 radical (unpaired) electrons. The second kappa shape index (κ2) is 5.92. The molecule has 0 fully saturated rings. The van der Waals surface area contributed by atoms with Gasteiger partial charge in [-0.15, -0.1) is 11.3 Å². The first-order valence-electron chi connectivity index (χ1n) is 6.18. The second-order valence-electron chi connectivity index (χ2n) is 4.49. The molecule has 0 saturated carbocycles. The van der Waals surface area contributed by atoms with Crippen LogP contribution in [0.2, 0.25) is 0 Å². The van der Waals surface area contributed by atoms with E-state index in [0.717, 1.165) is 15.1 Å². The zero-order valence-electron chi connectivity index (χ0n) is 11.7. The number of nitrogens with two attached hydrogens (primary N) is 2. The van der Waals surface area contributed by atoms with Gasteiger partial charge in [0.25, 0.3) is 0 Å². The second-order valence-corrected chi connectivity index (χ2v) is 5.72. The summed E-state index contributed by atoms with van der Waals surface area (Å²) in [6.45, 7) is 1.65. The molecule has 0 aliphatic heterocycles. The molecule has 21 heavy (non-hydrogen) atoms. The molecule has 2 rings (SSSR count). The Bertz CT molecular complexity index is 682. The highest BCUT2D eigenvalue weighted by Gasteiger charge is 2.19. The summed E-state index contributed by atoms with van der Waals surface area (Å²) in [4.78, 5) is 34.4. The average molecular weight is 308 g/mol. The Morgan fingerprint density at radius 3 is 2.43 bits per heavy atom. The van der Waals surface area contributed by atoms with Gasteiger partial charge in [-0.3, -0.25) is 9.59 Å². The third-order valence-corrected chi connectivity index (χ3v) is 3.66. The quantitative estimate of drug-likeness (QED) is 0.679. The number of thiophene rings is 1. The van der Waals surface area contributed by atoms with Gasteiger partial charge in [-0.05, 0) is 13.0 Å². The van der Waals surface area contributed by atoms with E-state index >= 15 is 0 Å². The van der Waals surface area contributed by atoms with Crippen LogP contribution < -0.4 is 21.7 Å². The lowest BCUT2D eigenvalue weighted by atomic mass is 10.3. The SMILES string of the molecule is CNc1nc(N(CC(N)=O)CC(N)=O)c2cc(C)sc2n1. The van der Waals surface area contributed by atoms with Gasteiger partial charge in [0, 0.05) is 11.9 Å². The van der Waals surface area contributed by atoms with E-state index in [1.54, 1.807) is 7.05 Å². The Morgan fingerprint density at radius 2 is 1.90 bits per heavy atom. The summed E-state index contributed by atoms with van der Waals surface area (Å²) in [6, 6.07) is 1.91. The highest BCUT2D eigenvalue weighted by atomic mass is 32.1. The van der Waals surface area contributed by atoms with Crippen LogP contribution in [0.1, 0.15) is 4.88 Å². The Kier molecular flexibility index (Phi) is 4.22. The normalized spacial score (nSPS) is 10.6. The molecule has 5 N–H and O–H groups in total. The van der Waals surface area contributed by atoms with Crippen molar-refractivity contribution in [2.75, 3.05) is 30.4 Å². The molecule has 0 aromatic carbocycles. The zero-order valence-corrected chi connectivity index (χ0v) is 12.5. The summed E-state index contributed by atoms with van der Waals surface area (Å²) in [5.74, 6) is -0.272. The Hall–Kier alpha value is -2.42. The summed E-state index contributed by atoms with van der Waals surface area (Å²) in [5, 5.41) is 3.62. The fourth-order valence-electron chi connectivity index (χ4n) is 1.96. The van der Waals surface area contributed by atoms with Crippen molar-refractivity contribution in [3.05, 3.63) is 10.9 Å². The predicted octanol–water partition coefficient (Wildman–Crippen LogP) is -0.182. The van der Waals surface area contributed by atoms with Crippen molar-refractivity contribution in [2.24, 2.45) is 11.5 Å². The van der Waals surface area contributed by atoms with Gasteiger partial charge in [0.1, 0.15) is 10.6 Å². The van der Waals surface area contributed by atoms with Gasteiger partial charge >= 0.3 is 0 Å².